The molecule has 4 heterocycles. The van der Waals surface area contributed by atoms with E-state index in [1.165, 1.54) is 6.20 Å². The van der Waals surface area contributed by atoms with Crippen LogP contribution in [0.2, 0.25) is 5.02 Å². The Morgan fingerprint density at radius 2 is 2.18 bits per heavy atom. The lowest BCUT2D eigenvalue weighted by Crippen LogP contribution is -2.53. The van der Waals surface area contributed by atoms with Crippen LogP contribution in [0.15, 0.2) is 27.1 Å². The van der Waals surface area contributed by atoms with Crippen LogP contribution in [-0.2, 0) is 9.53 Å². The fourth-order valence-electron chi connectivity index (χ4n) is 3.97. The van der Waals surface area contributed by atoms with Crippen LogP contribution in [-0.4, -0.2) is 65.1 Å². The number of aromatic nitrogens is 1. The number of ether oxygens (including phenoxy) is 1. The minimum Gasteiger partial charge on any atom is -0.376 e. The van der Waals surface area contributed by atoms with Crippen molar-refractivity contribution in [3.05, 3.63) is 23.2 Å². The van der Waals surface area contributed by atoms with Gasteiger partial charge in [-0.2, -0.15) is 4.39 Å². The molecule has 3 aliphatic rings. The van der Waals surface area contributed by atoms with E-state index >= 15 is 0 Å². The number of aliphatic imine (C=N–C) groups is 2. The van der Waals surface area contributed by atoms with Crippen LogP contribution in [0, 0.1) is 11.4 Å². The maximum absolute atomic E-state index is 13.5. The van der Waals surface area contributed by atoms with Gasteiger partial charge < -0.3 is 10.5 Å². The molecule has 1 aromatic heterocycles. The Morgan fingerprint density at radius 3 is 2.82 bits per heavy atom. The van der Waals surface area contributed by atoms with E-state index in [1.54, 1.807) is 12.3 Å². The van der Waals surface area contributed by atoms with E-state index in [-0.39, 0.29) is 28.5 Å². The minimum atomic E-state index is -0.755. The number of pyridine rings is 1. The van der Waals surface area contributed by atoms with Gasteiger partial charge in [0.15, 0.2) is 6.17 Å². The van der Waals surface area contributed by atoms with Crippen LogP contribution in [0.1, 0.15) is 19.8 Å². The number of amides is 1. The van der Waals surface area contributed by atoms with Gasteiger partial charge in [-0.3, -0.25) is 14.7 Å². The number of nitrogens with two attached hydrogens (primary N) is 1. The first-order chi connectivity index (χ1) is 13.4. The zero-order chi connectivity index (χ0) is 19.9. The van der Waals surface area contributed by atoms with E-state index in [4.69, 9.17) is 22.1 Å². The highest BCUT2D eigenvalue weighted by Crippen LogP contribution is 2.41. The predicted molar refractivity (Wildman–Crippen MR) is 106 cm³/mol. The van der Waals surface area contributed by atoms with Gasteiger partial charge in [0.05, 0.1) is 18.9 Å². The van der Waals surface area contributed by atoms with Gasteiger partial charge >= 0.3 is 0 Å². The number of halogens is 2. The standard InChI is InChI=1S/C18H21ClFN5O2S/c1-10-14(21)18(9-27-10)3-6-25(7-4-18)16-17(26)24-12(8-23-16)28-11-2-5-22-15(20)13(11)19/h2,5,8,10,14,16H,3-4,6-7,9,21H2,1H3/t10-,14+,16?/m0/s1. The van der Waals surface area contributed by atoms with Gasteiger partial charge in [-0.05, 0) is 25.8 Å². The van der Waals surface area contributed by atoms with Crippen molar-refractivity contribution in [1.82, 2.24) is 9.88 Å². The number of thioether (sulfide) groups is 1. The summed E-state index contributed by atoms with van der Waals surface area (Å²) >= 11 is 7.00. The third-order valence-electron chi connectivity index (χ3n) is 5.78. The van der Waals surface area contributed by atoms with Gasteiger partial charge in [-0.25, -0.2) is 9.98 Å². The smallest absolute Gasteiger partial charge is 0.286 e. The number of hydrogen-bond acceptors (Lipinski definition) is 7. The Balaban J connectivity index is 1.39. The van der Waals surface area contributed by atoms with E-state index in [1.807, 2.05) is 11.8 Å². The SMILES string of the molecule is C[C@@H]1OCC2(CCN(C3N=CC(Sc4ccnc(F)c4Cl)=NC3=O)CC2)[C@@H]1N. The van der Waals surface area contributed by atoms with Crippen molar-refractivity contribution >= 4 is 40.5 Å². The quantitative estimate of drug-likeness (QED) is 0.729. The molecule has 0 bridgehead atoms. The molecule has 28 heavy (non-hydrogen) atoms. The summed E-state index contributed by atoms with van der Waals surface area (Å²) < 4.78 is 19.2. The molecule has 1 amide bonds. The molecule has 3 atom stereocenters. The lowest BCUT2D eigenvalue weighted by Gasteiger charge is -2.42. The number of hydrogen-bond donors (Lipinski definition) is 1. The summed E-state index contributed by atoms with van der Waals surface area (Å²) in [6.45, 7) is 4.12. The number of piperidine rings is 1. The molecule has 0 radical (unpaired) electrons. The van der Waals surface area contributed by atoms with Gasteiger partial charge in [0.25, 0.3) is 5.91 Å². The first-order valence-electron chi connectivity index (χ1n) is 9.14. The zero-order valence-electron chi connectivity index (χ0n) is 15.3. The van der Waals surface area contributed by atoms with E-state index in [0.29, 0.717) is 16.5 Å². The molecule has 1 unspecified atom stereocenters. The summed E-state index contributed by atoms with van der Waals surface area (Å²) in [7, 11) is 0. The molecule has 2 saturated heterocycles. The molecule has 1 spiro atoms. The molecule has 1 aromatic rings. The van der Waals surface area contributed by atoms with Crippen LogP contribution in [0.4, 0.5) is 4.39 Å². The number of nitrogens with zero attached hydrogens (tertiary/aromatic N) is 4. The summed E-state index contributed by atoms with van der Waals surface area (Å²) in [5.74, 6) is -1.08. The molecule has 2 fully saturated rings. The average molecular weight is 426 g/mol. The second-order valence-electron chi connectivity index (χ2n) is 7.40. The van der Waals surface area contributed by atoms with E-state index in [9.17, 15) is 9.18 Å². The van der Waals surface area contributed by atoms with Gasteiger partial charge in [-0.15, -0.1) is 0 Å². The van der Waals surface area contributed by atoms with Crippen molar-refractivity contribution in [2.45, 2.75) is 43.0 Å². The molecular formula is C18H21ClFN5O2S. The summed E-state index contributed by atoms with van der Waals surface area (Å²) in [6, 6.07) is 1.59. The van der Waals surface area contributed by atoms with Gasteiger partial charge in [0, 0.05) is 35.6 Å². The topological polar surface area (TPSA) is 93.2 Å². The minimum absolute atomic E-state index is 0.0101. The van der Waals surface area contributed by atoms with Crippen LogP contribution in [0.25, 0.3) is 0 Å². The summed E-state index contributed by atoms with van der Waals surface area (Å²) in [6.07, 6.45) is 4.04. The van der Waals surface area contributed by atoms with Crippen molar-refractivity contribution in [2.75, 3.05) is 19.7 Å². The van der Waals surface area contributed by atoms with Crippen molar-refractivity contribution in [2.24, 2.45) is 21.1 Å². The first-order valence-corrected chi connectivity index (χ1v) is 10.3. The van der Waals surface area contributed by atoms with Gasteiger partial charge in [0.2, 0.25) is 5.95 Å². The Labute approximate surface area is 171 Å². The summed E-state index contributed by atoms with van der Waals surface area (Å²) in [5.41, 5.74) is 6.34. The highest BCUT2D eigenvalue weighted by Gasteiger charge is 2.48. The molecular weight excluding hydrogens is 405 g/mol. The molecule has 7 nitrogen and oxygen atoms in total. The zero-order valence-corrected chi connectivity index (χ0v) is 16.9. The lowest BCUT2D eigenvalue weighted by molar-refractivity contribution is -0.123. The first kappa shape index (κ1) is 19.9. The Morgan fingerprint density at radius 1 is 1.43 bits per heavy atom. The Kier molecular flexibility index (Phi) is 5.54. The summed E-state index contributed by atoms with van der Waals surface area (Å²) in [5, 5.41) is 0.283. The molecule has 0 aliphatic carbocycles. The average Bonchev–Trinajstić information content (AvgIpc) is 2.95. The van der Waals surface area contributed by atoms with E-state index in [2.05, 4.69) is 15.0 Å². The van der Waals surface area contributed by atoms with Gasteiger partial charge in [-0.1, -0.05) is 23.4 Å². The van der Waals surface area contributed by atoms with Crippen molar-refractivity contribution < 1.29 is 13.9 Å². The number of carbonyl (C=O) groups is 1. The summed E-state index contributed by atoms with van der Waals surface area (Å²) in [4.78, 5) is 27.0. The maximum atomic E-state index is 13.5. The predicted octanol–water partition coefficient (Wildman–Crippen LogP) is 2.13. The Hall–Kier alpha value is -1.39. The van der Waals surface area contributed by atoms with Crippen molar-refractivity contribution in [3.63, 3.8) is 0 Å². The number of carbonyl (C=O) groups excluding carboxylic acids is 1. The molecule has 0 aromatic carbocycles. The van der Waals surface area contributed by atoms with Crippen LogP contribution in [0.5, 0.6) is 0 Å². The normalized spacial score (nSPS) is 30.1. The van der Waals surface area contributed by atoms with Crippen LogP contribution < -0.4 is 5.73 Å². The molecule has 2 N–H and O–H groups in total. The highest BCUT2D eigenvalue weighted by molar-refractivity contribution is 8.15. The van der Waals surface area contributed by atoms with Crippen molar-refractivity contribution in [3.8, 4) is 0 Å². The van der Waals surface area contributed by atoms with Crippen LogP contribution >= 0.6 is 23.4 Å². The van der Waals surface area contributed by atoms with E-state index in [0.717, 1.165) is 37.7 Å². The highest BCUT2D eigenvalue weighted by atomic mass is 35.5. The van der Waals surface area contributed by atoms with Crippen LogP contribution in [0.3, 0.4) is 0 Å². The van der Waals surface area contributed by atoms with Crippen molar-refractivity contribution in [1.29, 1.82) is 0 Å². The fourth-order valence-corrected chi connectivity index (χ4v) is 4.98. The maximum Gasteiger partial charge on any atom is 0.286 e. The molecule has 150 valence electrons. The molecule has 0 saturated carbocycles. The number of likely N-dealkylation sites (tertiary alicyclic amines) is 1. The third-order valence-corrected chi connectivity index (χ3v) is 7.22. The lowest BCUT2D eigenvalue weighted by atomic mass is 9.73. The molecule has 3 aliphatic heterocycles. The molecule has 4 rings (SSSR count). The monoisotopic (exact) mass is 425 g/mol. The number of rotatable bonds is 2. The van der Waals surface area contributed by atoms with Gasteiger partial charge in [0.1, 0.15) is 10.1 Å². The Bertz CT molecular complexity index is 843. The molecule has 10 heteroatoms. The third kappa shape index (κ3) is 3.61. The second-order valence-corrected chi connectivity index (χ2v) is 8.84. The fraction of sp³-hybridized carbons (Fsp3) is 0.556. The van der Waals surface area contributed by atoms with E-state index < -0.39 is 12.1 Å². The second kappa shape index (κ2) is 7.79. The largest absolute Gasteiger partial charge is 0.376 e.